The number of rotatable bonds is 4. The number of benzene rings is 1. The first-order chi connectivity index (χ1) is 11.6. The first-order valence-corrected chi connectivity index (χ1v) is 8.97. The van der Waals surface area contributed by atoms with Crippen molar-refractivity contribution in [3.8, 4) is 0 Å². The van der Waals surface area contributed by atoms with E-state index in [9.17, 15) is 4.79 Å². The van der Waals surface area contributed by atoms with Crippen LogP contribution in [0.2, 0.25) is 0 Å². The molecule has 0 aliphatic carbocycles. The number of nitrogens with one attached hydrogen (secondary N) is 1. The van der Waals surface area contributed by atoms with Crippen LogP contribution in [0.1, 0.15) is 25.8 Å². The monoisotopic (exact) mass is 331 g/mol. The molecule has 1 N–H and O–H groups in total. The predicted octanol–water partition coefficient (Wildman–Crippen LogP) is 1.49. The Labute approximate surface area is 145 Å². The number of piperazine rings is 1. The second-order valence-corrected chi connectivity index (χ2v) is 7.33. The van der Waals surface area contributed by atoms with Crippen molar-refractivity contribution in [1.82, 2.24) is 15.1 Å². The van der Waals surface area contributed by atoms with E-state index in [1.165, 1.54) is 5.56 Å². The highest BCUT2D eigenvalue weighted by molar-refractivity contribution is 5.86. The van der Waals surface area contributed by atoms with E-state index < -0.39 is 5.54 Å². The molecule has 0 aromatic heterocycles. The Hall–Kier alpha value is -1.43. The van der Waals surface area contributed by atoms with Gasteiger partial charge in [0.05, 0.1) is 11.6 Å². The lowest BCUT2D eigenvalue weighted by atomic mass is 9.98. The quantitative estimate of drug-likeness (QED) is 0.908. The number of hydrogen-bond donors (Lipinski definition) is 1. The van der Waals surface area contributed by atoms with E-state index in [0.29, 0.717) is 0 Å². The maximum absolute atomic E-state index is 12.1. The van der Waals surface area contributed by atoms with E-state index in [2.05, 4.69) is 45.4 Å². The van der Waals surface area contributed by atoms with Gasteiger partial charge in [0.25, 0.3) is 0 Å². The molecule has 5 nitrogen and oxygen atoms in total. The van der Waals surface area contributed by atoms with E-state index in [1.54, 1.807) is 0 Å². The highest BCUT2D eigenvalue weighted by atomic mass is 16.5. The van der Waals surface area contributed by atoms with E-state index >= 15 is 0 Å². The summed E-state index contributed by atoms with van der Waals surface area (Å²) < 4.78 is 6.09. The maximum atomic E-state index is 12.1. The summed E-state index contributed by atoms with van der Waals surface area (Å²) in [6, 6.07) is 10.6. The molecule has 5 heteroatoms. The van der Waals surface area contributed by atoms with Gasteiger partial charge in [-0.25, -0.2) is 0 Å². The number of ether oxygens (including phenoxy) is 1. The summed E-state index contributed by atoms with van der Waals surface area (Å²) in [5.41, 5.74) is 0.883. The molecule has 2 saturated heterocycles. The summed E-state index contributed by atoms with van der Waals surface area (Å²) in [5.74, 6) is 0.114. The Morgan fingerprint density at radius 2 is 2.04 bits per heavy atom. The van der Waals surface area contributed by atoms with Crippen LogP contribution >= 0.6 is 0 Å². The normalized spacial score (nSPS) is 25.9. The fraction of sp³-hybridized carbons (Fsp3) is 0.632. The largest absolute Gasteiger partial charge is 0.375 e. The summed E-state index contributed by atoms with van der Waals surface area (Å²) in [6.07, 6.45) is 1.22. The molecule has 24 heavy (non-hydrogen) atoms. The SMILES string of the molecule is CC1(C)C(=O)NCCN1C[C@H]1CN(Cc2ccccc2)CCCO1. The van der Waals surface area contributed by atoms with Crippen LogP contribution in [0.3, 0.4) is 0 Å². The van der Waals surface area contributed by atoms with Crippen molar-refractivity contribution in [2.45, 2.75) is 38.5 Å². The third kappa shape index (κ3) is 4.15. The highest BCUT2D eigenvalue weighted by Crippen LogP contribution is 2.20. The van der Waals surface area contributed by atoms with Gasteiger partial charge in [0.1, 0.15) is 0 Å². The number of amides is 1. The average Bonchev–Trinajstić information content (AvgIpc) is 2.78. The van der Waals surface area contributed by atoms with Crippen molar-refractivity contribution in [1.29, 1.82) is 0 Å². The zero-order chi connectivity index (χ0) is 17.0. The molecule has 2 heterocycles. The Balaban J connectivity index is 1.61. The third-order valence-corrected chi connectivity index (χ3v) is 5.12. The van der Waals surface area contributed by atoms with Gasteiger partial charge in [-0.1, -0.05) is 30.3 Å². The van der Waals surface area contributed by atoms with Crippen LogP contribution in [0.4, 0.5) is 0 Å². The number of nitrogens with zero attached hydrogens (tertiary/aromatic N) is 2. The number of carbonyl (C=O) groups excluding carboxylic acids is 1. The zero-order valence-corrected chi connectivity index (χ0v) is 14.8. The van der Waals surface area contributed by atoms with Crippen molar-refractivity contribution in [3.63, 3.8) is 0 Å². The van der Waals surface area contributed by atoms with Crippen LogP contribution in [0.25, 0.3) is 0 Å². The summed E-state index contributed by atoms with van der Waals surface area (Å²) in [6.45, 7) is 10.2. The van der Waals surface area contributed by atoms with Crippen LogP contribution in [-0.2, 0) is 16.1 Å². The topological polar surface area (TPSA) is 44.8 Å². The molecular formula is C19H29N3O2. The fourth-order valence-electron chi connectivity index (χ4n) is 3.57. The van der Waals surface area contributed by atoms with Crippen LogP contribution in [0.5, 0.6) is 0 Å². The highest BCUT2D eigenvalue weighted by Gasteiger charge is 2.38. The van der Waals surface area contributed by atoms with Gasteiger partial charge in [0, 0.05) is 45.9 Å². The second-order valence-electron chi connectivity index (χ2n) is 7.33. The van der Waals surface area contributed by atoms with Gasteiger partial charge in [0.2, 0.25) is 5.91 Å². The summed E-state index contributed by atoms with van der Waals surface area (Å²) in [5, 5.41) is 2.96. The van der Waals surface area contributed by atoms with Crippen LogP contribution < -0.4 is 5.32 Å². The Morgan fingerprint density at radius 3 is 2.83 bits per heavy atom. The predicted molar refractivity (Wildman–Crippen MR) is 94.7 cm³/mol. The van der Waals surface area contributed by atoms with Gasteiger partial charge >= 0.3 is 0 Å². The maximum Gasteiger partial charge on any atom is 0.240 e. The smallest absolute Gasteiger partial charge is 0.240 e. The molecule has 2 aliphatic heterocycles. The third-order valence-electron chi connectivity index (χ3n) is 5.12. The first kappa shape index (κ1) is 17.4. The second kappa shape index (κ2) is 7.64. The summed E-state index contributed by atoms with van der Waals surface area (Å²) >= 11 is 0. The minimum atomic E-state index is -0.460. The molecule has 1 aromatic rings. The molecule has 0 saturated carbocycles. The fourth-order valence-corrected chi connectivity index (χ4v) is 3.57. The summed E-state index contributed by atoms with van der Waals surface area (Å²) in [7, 11) is 0. The van der Waals surface area contributed by atoms with Gasteiger partial charge in [-0.05, 0) is 25.8 Å². The molecule has 0 unspecified atom stereocenters. The van der Waals surface area contributed by atoms with Crippen LogP contribution in [0, 0.1) is 0 Å². The van der Waals surface area contributed by atoms with Gasteiger partial charge in [-0.2, -0.15) is 0 Å². The minimum absolute atomic E-state index is 0.114. The van der Waals surface area contributed by atoms with Crippen molar-refractivity contribution >= 4 is 5.91 Å². The molecular weight excluding hydrogens is 302 g/mol. The molecule has 2 fully saturated rings. The molecule has 2 aliphatic rings. The van der Waals surface area contributed by atoms with Crippen molar-refractivity contribution in [2.75, 3.05) is 39.3 Å². The van der Waals surface area contributed by atoms with E-state index in [1.807, 2.05) is 13.8 Å². The molecule has 0 radical (unpaired) electrons. The van der Waals surface area contributed by atoms with Crippen molar-refractivity contribution in [3.05, 3.63) is 35.9 Å². The van der Waals surface area contributed by atoms with Gasteiger partial charge in [-0.3, -0.25) is 14.6 Å². The Morgan fingerprint density at radius 1 is 1.25 bits per heavy atom. The lowest BCUT2D eigenvalue weighted by Gasteiger charge is -2.42. The first-order valence-electron chi connectivity index (χ1n) is 8.97. The Bertz CT molecular complexity index is 547. The standard InChI is InChI=1S/C19H29N3O2/c1-19(2)18(23)20-9-11-22(19)15-17-14-21(10-6-12-24-17)13-16-7-4-3-5-8-16/h3-5,7-8,17H,6,9-15H2,1-2H3,(H,20,23)/t17-/m1/s1. The number of carbonyl (C=O) groups is 1. The lowest BCUT2D eigenvalue weighted by molar-refractivity contribution is -0.136. The molecule has 3 rings (SSSR count). The lowest BCUT2D eigenvalue weighted by Crippen LogP contribution is -2.63. The van der Waals surface area contributed by atoms with E-state index in [0.717, 1.165) is 52.3 Å². The number of hydrogen-bond acceptors (Lipinski definition) is 4. The van der Waals surface area contributed by atoms with Crippen LogP contribution in [0.15, 0.2) is 30.3 Å². The van der Waals surface area contributed by atoms with Crippen molar-refractivity contribution < 1.29 is 9.53 Å². The van der Waals surface area contributed by atoms with Gasteiger partial charge < -0.3 is 10.1 Å². The molecule has 1 aromatic carbocycles. The van der Waals surface area contributed by atoms with Crippen molar-refractivity contribution in [2.24, 2.45) is 0 Å². The zero-order valence-electron chi connectivity index (χ0n) is 14.8. The average molecular weight is 331 g/mol. The summed E-state index contributed by atoms with van der Waals surface area (Å²) in [4.78, 5) is 16.9. The Kier molecular flexibility index (Phi) is 5.54. The molecule has 1 amide bonds. The molecule has 0 bridgehead atoms. The molecule has 0 spiro atoms. The van der Waals surface area contributed by atoms with E-state index in [4.69, 9.17) is 4.74 Å². The van der Waals surface area contributed by atoms with Gasteiger partial charge in [0.15, 0.2) is 0 Å². The van der Waals surface area contributed by atoms with E-state index in [-0.39, 0.29) is 12.0 Å². The minimum Gasteiger partial charge on any atom is -0.375 e. The molecule has 132 valence electrons. The molecule has 1 atom stereocenters. The van der Waals surface area contributed by atoms with Gasteiger partial charge in [-0.15, -0.1) is 0 Å². The van der Waals surface area contributed by atoms with Crippen LogP contribution in [-0.4, -0.2) is 66.7 Å².